The van der Waals surface area contributed by atoms with Crippen LogP contribution in [0.2, 0.25) is 0 Å². The van der Waals surface area contributed by atoms with E-state index in [1.807, 2.05) is 55.5 Å². The van der Waals surface area contributed by atoms with Gasteiger partial charge in [-0.25, -0.2) is 4.98 Å². The van der Waals surface area contributed by atoms with E-state index in [1.54, 1.807) is 17.0 Å². The normalized spacial score (nSPS) is 13.5. The maximum atomic E-state index is 12.6. The van der Waals surface area contributed by atoms with Crippen LogP contribution in [0.4, 0.5) is 0 Å². The Morgan fingerprint density at radius 1 is 1.07 bits per heavy atom. The minimum absolute atomic E-state index is 0.0851. The van der Waals surface area contributed by atoms with Crippen LogP contribution in [0, 0.1) is 0 Å². The highest BCUT2D eigenvalue weighted by Crippen LogP contribution is 2.22. The van der Waals surface area contributed by atoms with E-state index >= 15 is 0 Å². The molecule has 1 atom stereocenters. The number of hydrogen-bond acceptors (Lipinski definition) is 6. The van der Waals surface area contributed by atoms with Gasteiger partial charge >= 0.3 is 0 Å². The predicted octanol–water partition coefficient (Wildman–Crippen LogP) is 2.44. The summed E-state index contributed by atoms with van der Waals surface area (Å²) < 4.78 is 7.34. The standard InChI is InChI=1S/C21H21N5O2/c1-21(22,13-15-7-3-2-4-8-15)20-25-24-18(28-20)11-12-26-14-23-17-10-6-5-9-16(17)19(26)27/h2-10,14H,11-13,22H2,1H3/t21-/m1/s1. The first-order valence-corrected chi connectivity index (χ1v) is 9.13. The lowest BCUT2D eigenvalue weighted by Gasteiger charge is -2.20. The maximum absolute atomic E-state index is 12.6. The van der Waals surface area contributed by atoms with Crippen molar-refractivity contribution in [3.63, 3.8) is 0 Å². The molecule has 2 aromatic carbocycles. The molecule has 0 bridgehead atoms. The Labute approximate surface area is 161 Å². The highest BCUT2D eigenvalue weighted by atomic mass is 16.4. The molecule has 7 nitrogen and oxygen atoms in total. The van der Waals surface area contributed by atoms with Gasteiger partial charge in [0.25, 0.3) is 5.56 Å². The molecule has 2 N–H and O–H groups in total. The number of hydrogen-bond donors (Lipinski definition) is 1. The molecule has 28 heavy (non-hydrogen) atoms. The fraction of sp³-hybridized carbons (Fsp3) is 0.238. The summed E-state index contributed by atoms with van der Waals surface area (Å²) in [6, 6.07) is 17.2. The quantitative estimate of drug-likeness (QED) is 0.556. The second-order valence-corrected chi connectivity index (χ2v) is 7.09. The van der Waals surface area contributed by atoms with Crippen molar-refractivity contribution >= 4 is 10.9 Å². The van der Waals surface area contributed by atoms with Crippen LogP contribution in [0.5, 0.6) is 0 Å². The van der Waals surface area contributed by atoms with Gasteiger partial charge in [-0.3, -0.25) is 9.36 Å². The number of aromatic nitrogens is 4. The molecule has 0 aliphatic heterocycles. The molecule has 2 heterocycles. The van der Waals surface area contributed by atoms with Crippen LogP contribution in [0.15, 0.2) is 70.1 Å². The average molecular weight is 375 g/mol. The van der Waals surface area contributed by atoms with E-state index in [1.165, 1.54) is 0 Å². The molecule has 2 aromatic heterocycles. The number of aryl methyl sites for hydroxylation is 2. The Morgan fingerprint density at radius 3 is 2.64 bits per heavy atom. The zero-order valence-corrected chi connectivity index (χ0v) is 15.6. The van der Waals surface area contributed by atoms with E-state index in [4.69, 9.17) is 10.2 Å². The first-order chi connectivity index (χ1) is 13.5. The summed E-state index contributed by atoms with van der Waals surface area (Å²) >= 11 is 0. The third-order valence-electron chi connectivity index (χ3n) is 4.67. The maximum Gasteiger partial charge on any atom is 0.261 e. The molecule has 0 unspecified atom stereocenters. The van der Waals surface area contributed by atoms with Crippen LogP contribution in [-0.2, 0) is 24.9 Å². The number of fused-ring (bicyclic) bond motifs is 1. The molecule has 7 heteroatoms. The summed E-state index contributed by atoms with van der Waals surface area (Å²) in [5.74, 6) is 0.829. The smallest absolute Gasteiger partial charge is 0.261 e. The van der Waals surface area contributed by atoms with Crippen LogP contribution in [0.1, 0.15) is 24.3 Å². The molecule has 142 valence electrons. The minimum atomic E-state index is -0.770. The number of nitrogens with zero attached hydrogens (tertiary/aromatic N) is 4. The highest BCUT2D eigenvalue weighted by Gasteiger charge is 2.28. The van der Waals surface area contributed by atoms with Crippen molar-refractivity contribution in [3.8, 4) is 0 Å². The zero-order valence-electron chi connectivity index (χ0n) is 15.6. The SMILES string of the molecule is C[C@@](N)(Cc1ccccc1)c1nnc(CCn2cnc3ccccc3c2=O)o1. The largest absolute Gasteiger partial charge is 0.423 e. The van der Waals surface area contributed by atoms with Crippen molar-refractivity contribution in [2.24, 2.45) is 5.73 Å². The van der Waals surface area contributed by atoms with E-state index in [0.29, 0.717) is 42.1 Å². The van der Waals surface area contributed by atoms with E-state index in [0.717, 1.165) is 5.56 Å². The van der Waals surface area contributed by atoms with Gasteiger partial charge in [-0.1, -0.05) is 42.5 Å². The van der Waals surface area contributed by atoms with Gasteiger partial charge < -0.3 is 10.2 Å². The van der Waals surface area contributed by atoms with Crippen molar-refractivity contribution in [2.45, 2.75) is 31.8 Å². The molecule has 0 saturated heterocycles. The summed E-state index contributed by atoms with van der Waals surface area (Å²) in [5.41, 5.74) is 7.34. The Morgan fingerprint density at radius 2 is 1.82 bits per heavy atom. The van der Waals surface area contributed by atoms with Gasteiger partial charge in [0.05, 0.1) is 22.8 Å². The summed E-state index contributed by atoms with van der Waals surface area (Å²) in [5, 5.41) is 8.81. The lowest BCUT2D eigenvalue weighted by molar-refractivity contribution is 0.333. The lowest BCUT2D eigenvalue weighted by Crippen LogP contribution is -2.35. The first-order valence-electron chi connectivity index (χ1n) is 9.13. The number of benzene rings is 2. The van der Waals surface area contributed by atoms with E-state index in [9.17, 15) is 4.79 Å². The third-order valence-corrected chi connectivity index (χ3v) is 4.67. The molecule has 0 fully saturated rings. The molecular formula is C21H21N5O2. The third kappa shape index (κ3) is 3.70. The van der Waals surface area contributed by atoms with Crippen molar-refractivity contribution in [1.82, 2.24) is 19.7 Å². The zero-order chi connectivity index (χ0) is 19.6. The van der Waals surface area contributed by atoms with E-state index < -0.39 is 5.54 Å². The summed E-state index contributed by atoms with van der Waals surface area (Å²) in [4.78, 5) is 16.9. The highest BCUT2D eigenvalue weighted by molar-refractivity contribution is 5.76. The van der Waals surface area contributed by atoms with Gasteiger partial charge in [0.15, 0.2) is 0 Å². The van der Waals surface area contributed by atoms with Crippen molar-refractivity contribution in [2.75, 3.05) is 0 Å². The van der Waals surface area contributed by atoms with Crippen molar-refractivity contribution < 1.29 is 4.42 Å². The first kappa shape index (κ1) is 18.1. The second-order valence-electron chi connectivity index (χ2n) is 7.09. The van der Waals surface area contributed by atoms with Gasteiger partial charge in [-0.15, -0.1) is 10.2 Å². The van der Waals surface area contributed by atoms with Crippen molar-refractivity contribution in [3.05, 3.63) is 88.6 Å². The van der Waals surface area contributed by atoms with Gasteiger partial charge in [0.2, 0.25) is 11.8 Å². The molecule has 0 aliphatic carbocycles. The number of para-hydroxylation sites is 1. The molecule has 0 amide bonds. The fourth-order valence-electron chi connectivity index (χ4n) is 3.16. The number of rotatable bonds is 6. The van der Waals surface area contributed by atoms with Crippen LogP contribution < -0.4 is 11.3 Å². The Kier molecular flexibility index (Phi) is 4.75. The summed E-state index contributed by atoms with van der Waals surface area (Å²) in [6.07, 6.45) is 2.56. The molecule has 4 aromatic rings. The Bertz CT molecular complexity index is 1150. The van der Waals surface area contributed by atoms with Gasteiger partial charge in [-0.2, -0.15) is 0 Å². The summed E-state index contributed by atoms with van der Waals surface area (Å²) in [6.45, 7) is 2.27. The molecular weight excluding hydrogens is 354 g/mol. The van der Waals surface area contributed by atoms with E-state index in [-0.39, 0.29) is 5.56 Å². The second kappa shape index (κ2) is 7.36. The number of nitrogens with two attached hydrogens (primary N) is 1. The van der Waals surface area contributed by atoms with Crippen molar-refractivity contribution in [1.29, 1.82) is 0 Å². The Hall–Kier alpha value is -3.32. The van der Waals surface area contributed by atoms with Crippen LogP contribution in [0.3, 0.4) is 0 Å². The Balaban J connectivity index is 1.48. The van der Waals surface area contributed by atoms with Crippen LogP contribution in [0.25, 0.3) is 10.9 Å². The van der Waals surface area contributed by atoms with Gasteiger partial charge in [-0.05, 0) is 31.0 Å². The van der Waals surface area contributed by atoms with Crippen LogP contribution >= 0.6 is 0 Å². The predicted molar refractivity (Wildman–Crippen MR) is 106 cm³/mol. The molecule has 4 rings (SSSR count). The average Bonchev–Trinajstić information content (AvgIpc) is 3.18. The molecule has 0 aliphatic rings. The van der Waals surface area contributed by atoms with E-state index in [2.05, 4.69) is 15.2 Å². The topological polar surface area (TPSA) is 99.8 Å². The van der Waals surface area contributed by atoms with Crippen LogP contribution in [-0.4, -0.2) is 19.7 Å². The van der Waals surface area contributed by atoms with Gasteiger partial charge in [0.1, 0.15) is 0 Å². The fourth-order valence-corrected chi connectivity index (χ4v) is 3.16. The molecule has 0 radical (unpaired) electrons. The lowest BCUT2D eigenvalue weighted by atomic mass is 9.94. The molecule has 0 saturated carbocycles. The molecule has 0 spiro atoms. The minimum Gasteiger partial charge on any atom is -0.423 e. The summed E-state index contributed by atoms with van der Waals surface area (Å²) in [7, 11) is 0. The monoisotopic (exact) mass is 375 g/mol. The van der Waals surface area contributed by atoms with Gasteiger partial charge in [0, 0.05) is 13.0 Å².